The number of benzene rings is 2. The second kappa shape index (κ2) is 13.4. The molecule has 10 nitrogen and oxygen atoms in total. The minimum Gasteiger partial charge on any atom is -0.449 e. The minimum absolute atomic E-state index is 0.0143. The second-order valence-corrected chi connectivity index (χ2v) is 12.2. The van der Waals surface area contributed by atoms with Crippen LogP contribution in [0.15, 0.2) is 47.4 Å². The standard InChI is InChI=1S/C27H31F2N5O5S2/c1-2-3-15-39-27(36)34-14-5-4-7-18(34)16-31-41(37,38)19-12-10-17(11-13-19)32-26-33-25(30)24(40-26)23(35)22-20(28)8-6-9-21(22)29/h6,8-13,18,31H,2-5,7,14-16,30H2,1H3,(H,32,33). The molecule has 41 heavy (non-hydrogen) atoms. The SMILES string of the molecule is CCCCOC(=O)N1CCCCC1CNS(=O)(=O)c1ccc(Nc2nc(N)c(C(=O)c3c(F)cccc3F)s2)cc1. The zero-order valence-electron chi connectivity index (χ0n) is 22.4. The summed E-state index contributed by atoms with van der Waals surface area (Å²) in [7, 11) is -3.88. The normalized spacial score (nSPS) is 15.5. The van der Waals surface area contributed by atoms with E-state index < -0.39 is 39.1 Å². The number of amides is 1. The van der Waals surface area contributed by atoms with Gasteiger partial charge in [-0.15, -0.1) is 0 Å². The Morgan fingerprint density at radius 2 is 1.85 bits per heavy atom. The predicted molar refractivity (Wildman–Crippen MR) is 152 cm³/mol. The van der Waals surface area contributed by atoms with E-state index in [1.807, 2.05) is 6.92 Å². The van der Waals surface area contributed by atoms with Crippen LogP contribution >= 0.6 is 11.3 Å². The molecule has 1 unspecified atom stereocenters. The van der Waals surface area contributed by atoms with Gasteiger partial charge in [-0.1, -0.05) is 30.7 Å². The van der Waals surface area contributed by atoms with Gasteiger partial charge in [0.1, 0.15) is 22.3 Å². The number of nitrogens with two attached hydrogens (primary N) is 1. The molecule has 2 aromatic carbocycles. The highest BCUT2D eigenvalue weighted by atomic mass is 32.2. The number of likely N-dealkylation sites (tertiary alicyclic amines) is 1. The molecule has 1 amide bonds. The van der Waals surface area contributed by atoms with Gasteiger partial charge in [-0.05, 0) is 62.1 Å². The number of unbranched alkanes of at least 4 members (excludes halogenated alkanes) is 1. The first kappa shape index (κ1) is 30.3. The van der Waals surface area contributed by atoms with Crippen molar-refractivity contribution in [3.63, 3.8) is 0 Å². The molecule has 2 heterocycles. The summed E-state index contributed by atoms with van der Waals surface area (Å²) in [5, 5.41) is 3.10. The van der Waals surface area contributed by atoms with Crippen LogP contribution in [0.25, 0.3) is 0 Å². The van der Waals surface area contributed by atoms with Crippen molar-refractivity contribution in [1.82, 2.24) is 14.6 Å². The van der Waals surface area contributed by atoms with Gasteiger partial charge in [0.25, 0.3) is 0 Å². The van der Waals surface area contributed by atoms with E-state index in [9.17, 15) is 26.8 Å². The smallest absolute Gasteiger partial charge is 0.410 e. The summed E-state index contributed by atoms with van der Waals surface area (Å²) in [5.41, 5.74) is 5.57. The first-order valence-corrected chi connectivity index (χ1v) is 15.5. The highest BCUT2D eigenvalue weighted by Crippen LogP contribution is 2.31. The number of aromatic nitrogens is 1. The molecule has 0 aliphatic carbocycles. The van der Waals surface area contributed by atoms with Gasteiger partial charge in [0.15, 0.2) is 5.13 Å². The number of hydrogen-bond acceptors (Lipinski definition) is 9. The number of thiazole rings is 1. The molecule has 0 saturated carbocycles. The van der Waals surface area contributed by atoms with Crippen LogP contribution in [-0.4, -0.2) is 55.9 Å². The van der Waals surface area contributed by atoms with Crippen molar-refractivity contribution < 1.29 is 31.5 Å². The van der Waals surface area contributed by atoms with Crippen LogP contribution in [0, 0.1) is 11.6 Å². The number of rotatable bonds is 11. The molecule has 1 fully saturated rings. The molecule has 220 valence electrons. The fourth-order valence-electron chi connectivity index (χ4n) is 4.35. The van der Waals surface area contributed by atoms with E-state index in [-0.39, 0.29) is 33.3 Å². The molecule has 1 saturated heterocycles. The predicted octanol–water partition coefficient (Wildman–Crippen LogP) is 5.05. The first-order valence-electron chi connectivity index (χ1n) is 13.2. The van der Waals surface area contributed by atoms with Gasteiger partial charge in [-0.3, -0.25) is 4.79 Å². The lowest BCUT2D eigenvalue weighted by atomic mass is 10.0. The number of ether oxygens (including phenoxy) is 1. The van der Waals surface area contributed by atoms with Crippen molar-refractivity contribution >= 4 is 49.9 Å². The number of halogens is 2. The van der Waals surface area contributed by atoms with Crippen LogP contribution in [-0.2, 0) is 14.8 Å². The van der Waals surface area contributed by atoms with Crippen molar-refractivity contribution in [2.75, 3.05) is 30.7 Å². The van der Waals surface area contributed by atoms with Gasteiger partial charge < -0.3 is 20.7 Å². The molecule has 1 atom stereocenters. The monoisotopic (exact) mass is 607 g/mol. The number of nitrogens with one attached hydrogen (secondary N) is 2. The van der Waals surface area contributed by atoms with Crippen LogP contribution in [0.1, 0.15) is 54.3 Å². The number of carbonyl (C=O) groups excluding carboxylic acids is 2. The minimum atomic E-state index is -3.88. The summed E-state index contributed by atoms with van der Waals surface area (Å²) >= 11 is 0.814. The van der Waals surface area contributed by atoms with Crippen LogP contribution in [0.2, 0.25) is 0 Å². The van der Waals surface area contributed by atoms with E-state index in [0.29, 0.717) is 25.3 Å². The van der Waals surface area contributed by atoms with E-state index in [1.165, 1.54) is 24.3 Å². The van der Waals surface area contributed by atoms with Gasteiger partial charge in [0.05, 0.1) is 17.1 Å². The number of nitrogens with zero attached hydrogens (tertiary/aromatic N) is 2. The number of carbonyl (C=O) groups is 2. The summed E-state index contributed by atoms with van der Waals surface area (Å²) in [5.74, 6) is -3.14. The number of anilines is 3. The summed E-state index contributed by atoms with van der Waals surface area (Å²) in [6.07, 6.45) is 3.63. The van der Waals surface area contributed by atoms with Gasteiger partial charge >= 0.3 is 6.09 Å². The molecular weight excluding hydrogens is 576 g/mol. The zero-order chi connectivity index (χ0) is 29.6. The molecular formula is C27H31F2N5O5S2. The van der Waals surface area contributed by atoms with Crippen molar-refractivity contribution in [3.8, 4) is 0 Å². The molecule has 4 N–H and O–H groups in total. The lowest BCUT2D eigenvalue weighted by molar-refractivity contribution is 0.0732. The highest BCUT2D eigenvalue weighted by Gasteiger charge is 2.29. The maximum absolute atomic E-state index is 14.1. The largest absolute Gasteiger partial charge is 0.449 e. The van der Waals surface area contributed by atoms with Crippen LogP contribution in [0.5, 0.6) is 0 Å². The fraction of sp³-hybridized carbons (Fsp3) is 0.370. The van der Waals surface area contributed by atoms with E-state index in [1.54, 1.807) is 4.90 Å². The maximum Gasteiger partial charge on any atom is 0.410 e. The quantitative estimate of drug-likeness (QED) is 0.203. The molecule has 4 rings (SSSR count). The summed E-state index contributed by atoms with van der Waals surface area (Å²) < 4.78 is 62.0. The van der Waals surface area contributed by atoms with Crippen LogP contribution < -0.4 is 15.8 Å². The highest BCUT2D eigenvalue weighted by molar-refractivity contribution is 7.89. The Hall–Kier alpha value is -3.62. The van der Waals surface area contributed by atoms with Gasteiger partial charge in [-0.25, -0.2) is 31.7 Å². The molecule has 1 aromatic heterocycles. The maximum atomic E-state index is 14.1. The average molecular weight is 608 g/mol. The fourth-order valence-corrected chi connectivity index (χ4v) is 6.27. The average Bonchev–Trinajstić information content (AvgIpc) is 3.32. The third kappa shape index (κ3) is 7.37. The molecule has 14 heteroatoms. The third-order valence-electron chi connectivity index (χ3n) is 6.56. The van der Waals surface area contributed by atoms with E-state index in [0.717, 1.165) is 55.2 Å². The Bertz CT molecular complexity index is 1480. The van der Waals surface area contributed by atoms with Gasteiger partial charge in [0, 0.05) is 24.8 Å². The lowest BCUT2D eigenvalue weighted by Crippen LogP contribution is -2.49. The topological polar surface area (TPSA) is 144 Å². The Kier molecular flexibility index (Phi) is 9.89. The van der Waals surface area contributed by atoms with Crippen molar-refractivity contribution in [3.05, 3.63) is 64.5 Å². The number of piperidine rings is 1. The van der Waals surface area contributed by atoms with Crippen molar-refractivity contribution in [2.45, 2.75) is 50.0 Å². The second-order valence-electron chi connectivity index (χ2n) is 9.47. The first-order chi connectivity index (χ1) is 19.6. The number of ketones is 1. The van der Waals surface area contributed by atoms with Gasteiger partial charge in [0.2, 0.25) is 15.8 Å². The van der Waals surface area contributed by atoms with E-state index in [4.69, 9.17) is 10.5 Å². The lowest BCUT2D eigenvalue weighted by Gasteiger charge is -2.34. The Balaban J connectivity index is 1.39. The van der Waals surface area contributed by atoms with E-state index in [2.05, 4.69) is 15.0 Å². The Labute approximate surface area is 241 Å². The Morgan fingerprint density at radius 3 is 2.54 bits per heavy atom. The molecule has 0 bridgehead atoms. The van der Waals surface area contributed by atoms with Crippen LogP contribution in [0.3, 0.4) is 0 Å². The number of nitrogen functional groups attached to an aromatic ring is 1. The number of hydrogen-bond donors (Lipinski definition) is 3. The summed E-state index contributed by atoms with van der Waals surface area (Å²) in [6, 6.07) is 8.58. The molecule has 3 aromatic rings. The molecule has 0 radical (unpaired) electrons. The molecule has 0 spiro atoms. The van der Waals surface area contributed by atoms with Gasteiger partial charge in [-0.2, -0.15) is 0 Å². The van der Waals surface area contributed by atoms with Crippen LogP contribution in [0.4, 0.5) is 30.2 Å². The third-order valence-corrected chi connectivity index (χ3v) is 8.98. The molecule has 1 aliphatic heterocycles. The summed E-state index contributed by atoms with van der Waals surface area (Å²) in [6.45, 7) is 2.91. The van der Waals surface area contributed by atoms with Crippen molar-refractivity contribution in [2.24, 2.45) is 0 Å². The van der Waals surface area contributed by atoms with Crippen molar-refractivity contribution in [1.29, 1.82) is 0 Å². The zero-order valence-corrected chi connectivity index (χ0v) is 24.0. The Morgan fingerprint density at radius 1 is 1.15 bits per heavy atom. The molecule has 1 aliphatic rings. The summed E-state index contributed by atoms with van der Waals surface area (Å²) in [4.78, 5) is 30.7. The number of sulfonamides is 1. The van der Waals surface area contributed by atoms with E-state index >= 15 is 0 Å².